The Bertz CT molecular complexity index is 321. The molecule has 0 amide bonds. The summed E-state index contributed by atoms with van der Waals surface area (Å²) in [6, 6.07) is 1.95. The van der Waals surface area contributed by atoms with Crippen LogP contribution < -0.4 is 5.73 Å². The van der Waals surface area contributed by atoms with Gasteiger partial charge in [0.25, 0.3) is 0 Å². The van der Waals surface area contributed by atoms with Crippen LogP contribution in [-0.2, 0) is 6.42 Å². The van der Waals surface area contributed by atoms with E-state index in [2.05, 4.69) is 6.92 Å². The van der Waals surface area contributed by atoms with Crippen LogP contribution in [0.25, 0.3) is 0 Å². The lowest BCUT2D eigenvalue weighted by atomic mass is 9.81. The predicted molar refractivity (Wildman–Crippen MR) is 57.6 cm³/mol. The summed E-state index contributed by atoms with van der Waals surface area (Å²) in [4.78, 5) is 0. The van der Waals surface area contributed by atoms with Gasteiger partial charge in [0.1, 0.15) is 5.76 Å². The topological polar surface area (TPSA) is 39.2 Å². The van der Waals surface area contributed by atoms with E-state index in [4.69, 9.17) is 21.8 Å². The molecule has 0 bridgehead atoms. The van der Waals surface area contributed by atoms with Gasteiger partial charge in [-0.05, 0) is 55.0 Å². The summed E-state index contributed by atoms with van der Waals surface area (Å²) in [5.41, 5.74) is 6.98. The first-order chi connectivity index (χ1) is 6.72. The van der Waals surface area contributed by atoms with Crippen LogP contribution in [0.5, 0.6) is 0 Å². The fourth-order valence-electron chi connectivity index (χ4n) is 2.27. The van der Waals surface area contributed by atoms with Crippen molar-refractivity contribution in [3.05, 3.63) is 22.6 Å². The summed E-state index contributed by atoms with van der Waals surface area (Å²) in [7, 11) is 0. The highest BCUT2D eigenvalue weighted by atomic mass is 35.5. The predicted octanol–water partition coefficient (Wildman–Crippen LogP) is 2.95. The van der Waals surface area contributed by atoms with Gasteiger partial charge in [-0.2, -0.15) is 0 Å². The van der Waals surface area contributed by atoms with Gasteiger partial charge in [0.2, 0.25) is 0 Å². The Hall–Kier alpha value is -0.470. The summed E-state index contributed by atoms with van der Waals surface area (Å²) in [6.07, 6.45) is 3.49. The lowest BCUT2D eigenvalue weighted by molar-refractivity contribution is 0.341. The zero-order valence-corrected chi connectivity index (χ0v) is 9.18. The minimum absolute atomic E-state index is 0.469. The van der Waals surface area contributed by atoms with Gasteiger partial charge in [-0.25, -0.2) is 0 Å². The largest absolute Gasteiger partial charge is 0.449 e. The summed E-state index contributed by atoms with van der Waals surface area (Å²) in [5.74, 6) is 2.03. The number of hydrogen-bond acceptors (Lipinski definition) is 2. The van der Waals surface area contributed by atoms with Crippen molar-refractivity contribution in [2.45, 2.75) is 32.1 Å². The first-order valence-electron chi connectivity index (χ1n) is 5.20. The fraction of sp³-hybridized carbons (Fsp3) is 0.636. The van der Waals surface area contributed by atoms with Crippen molar-refractivity contribution in [2.24, 2.45) is 11.7 Å². The molecule has 2 rings (SSSR count). The molecule has 0 aromatic carbocycles. The Balaban J connectivity index is 2.30. The first kappa shape index (κ1) is 10.1. The molecule has 1 aliphatic carbocycles. The molecule has 1 heterocycles. The number of halogens is 1. The van der Waals surface area contributed by atoms with Crippen molar-refractivity contribution >= 4 is 11.6 Å². The number of nitrogens with two attached hydrogens (primary N) is 1. The third kappa shape index (κ3) is 1.69. The van der Waals surface area contributed by atoms with Crippen molar-refractivity contribution in [1.82, 2.24) is 0 Å². The summed E-state index contributed by atoms with van der Waals surface area (Å²) in [5, 5.41) is 0.520. The molecule has 14 heavy (non-hydrogen) atoms. The van der Waals surface area contributed by atoms with Crippen LogP contribution in [-0.4, -0.2) is 6.54 Å². The van der Waals surface area contributed by atoms with Crippen molar-refractivity contribution in [3.8, 4) is 0 Å². The maximum atomic E-state index is 5.87. The van der Waals surface area contributed by atoms with Gasteiger partial charge in [0.15, 0.2) is 5.22 Å². The van der Waals surface area contributed by atoms with E-state index >= 15 is 0 Å². The Morgan fingerprint density at radius 3 is 3.21 bits per heavy atom. The van der Waals surface area contributed by atoms with Gasteiger partial charge < -0.3 is 10.2 Å². The quantitative estimate of drug-likeness (QED) is 0.821. The summed E-state index contributed by atoms with van der Waals surface area (Å²) >= 11 is 5.87. The zero-order chi connectivity index (χ0) is 10.1. The molecule has 0 saturated heterocycles. The molecule has 2 atom stereocenters. The van der Waals surface area contributed by atoms with E-state index in [9.17, 15) is 0 Å². The minimum atomic E-state index is 0.469. The van der Waals surface area contributed by atoms with E-state index in [-0.39, 0.29) is 0 Å². The maximum absolute atomic E-state index is 5.87. The smallest absolute Gasteiger partial charge is 0.193 e. The minimum Gasteiger partial charge on any atom is -0.449 e. The van der Waals surface area contributed by atoms with Gasteiger partial charge in [0.05, 0.1) is 0 Å². The van der Waals surface area contributed by atoms with Crippen LogP contribution in [0.15, 0.2) is 10.5 Å². The number of hydrogen-bond donors (Lipinski definition) is 1. The second kappa shape index (κ2) is 3.95. The molecule has 1 aromatic rings. The second-order valence-electron chi connectivity index (χ2n) is 4.15. The lowest BCUT2D eigenvalue weighted by Gasteiger charge is -2.25. The van der Waals surface area contributed by atoms with Crippen LogP contribution in [0, 0.1) is 5.92 Å². The second-order valence-corrected chi connectivity index (χ2v) is 4.52. The third-order valence-corrected chi connectivity index (χ3v) is 3.35. The van der Waals surface area contributed by atoms with Crippen molar-refractivity contribution < 1.29 is 4.42 Å². The van der Waals surface area contributed by atoms with Gasteiger partial charge in [0, 0.05) is 5.92 Å². The van der Waals surface area contributed by atoms with Crippen LogP contribution in [0.4, 0.5) is 0 Å². The molecule has 1 aromatic heterocycles. The molecule has 2 unspecified atom stereocenters. The van der Waals surface area contributed by atoms with Crippen LogP contribution >= 0.6 is 11.6 Å². The number of rotatable bonds is 2. The molecule has 0 saturated carbocycles. The van der Waals surface area contributed by atoms with E-state index in [0.717, 1.165) is 12.2 Å². The third-order valence-electron chi connectivity index (χ3n) is 3.17. The monoisotopic (exact) mass is 213 g/mol. The highest BCUT2D eigenvalue weighted by Crippen LogP contribution is 2.39. The summed E-state index contributed by atoms with van der Waals surface area (Å²) < 4.78 is 5.55. The highest BCUT2D eigenvalue weighted by Gasteiger charge is 2.28. The van der Waals surface area contributed by atoms with Crippen LogP contribution in [0.1, 0.15) is 37.0 Å². The maximum Gasteiger partial charge on any atom is 0.193 e. The number of furan rings is 1. The van der Waals surface area contributed by atoms with Gasteiger partial charge in [-0.3, -0.25) is 0 Å². The molecule has 0 spiro atoms. The van der Waals surface area contributed by atoms with Crippen molar-refractivity contribution in [1.29, 1.82) is 0 Å². The number of aryl methyl sites for hydroxylation is 1. The lowest BCUT2D eigenvalue weighted by Crippen LogP contribution is -2.21. The molecule has 2 N–H and O–H groups in total. The normalized spacial score (nSPS) is 23.2. The van der Waals surface area contributed by atoms with E-state index in [0.29, 0.717) is 23.6 Å². The highest BCUT2D eigenvalue weighted by molar-refractivity contribution is 6.28. The Morgan fingerprint density at radius 1 is 1.71 bits per heavy atom. The van der Waals surface area contributed by atoms with Gasteiger partial charge in [-0.1, -0.05) is 6.92 Å². The average Bonchev–Trinajstić information content (AvgIpc) is 2.56. The van der Waals surface area contributed by atoms with Crippen LogP contribution in [0.2, 0.25) is 5.22 Å². The number of fused-ring (bicyclic) bond motifs is 1. The zero-order valence-electron chi connectivity index (χ0n) is 8.42. The SMILES string of the molecule is CC(CN)C1CCCc2cc(Cl)oc21. The first-order valence-corrected chi connectivity index (χ1v) is 5.58. The molecule has 3 heteroatoms. The molecule has 0 aliphatic heterocycles. The molecular weight excluding hydrogens is 198 g/mol. The van der Waals surface area contributed by atoms with Crippen molar-refractivity contribution in [2.75, 3.05) is 6.54 Å². The van der Waals surface area contributed by atoms with E-state index in [1.165, 1.54) is 18.4 Å². The molecule has 2 nitrogen and oxygen atoms in total. The van der Waals surface area contributed by atoms with Crippen LogP contribution in [0.3, 0.4) is 0 Å². The Kier molecular flexibility index (Phi) is 2.84. The molecule has 0 fully saturated rings. The summed E-state index contributed by atoms with van der Waals surface area (Å²) in [6.45, 7) is 2.89. The Morgan fingerprint density at radius 2 is 2.50 bits per heavy atom. The van der Waals surface area contributed by atoms with Crippen molar-refractivity contribution in [3.63, 3.8) is 0 Å². The van der Waals surface area contributed by atoms with E-state index < -0.39 is 0 Å². The standard InChI is InChI=1S/C11H16ClNO/c1-7(6-13)9-4-2-3-8-5-10(12)14-11(8)9/h5,7,9H,2-4,6,13H2,1H3. The molecular formula is C11H16ClNO. The molecule has 0 radical (unpaired) electrons. The van der Waals surface area contributed by atoms with E-state index in [1.807, 2.05) is 6.07 Å². The van der Waals surface area contributed by atoms with E-state index in [1.54, 1.807) is 0 Å². The fourth-order valence-corrected chi connectivity index (χ4v) is 2.48. The Labute approximate surface area is 89.4 Å². The molecule has 1 aliphatic rings. The molecule has 78 valence electrons. The average molecular weight is 214 g/mol. The van der Waals surface area contributed by atoms with Gasteiger partial charge in [-0.15, -0.1) is 0 Å². The van der Waals surface area contributed by atoms with Gasteiger partial charge >= 0.3 is 0 Å².